The molecule has 4 nitrogen and oxygen atoms in total. The monoisotopic (exact) mass is 286 g/mol. The minimum atomic E-state index is 0.260. The van der Waals surface area contributed by atoms with E-state index in [2.05, 4.69) is 24.1 Å². The number of nitrogens with one attached hydrogen (secondary N) is 1. The molecule has 0 radical (unpaired) electrons. The van der Waals surface area contributed by atoms with Gasteiger partial charge in [-0.3, -0.25) is 0 Å². The Hall–Kier alpha value is -0.160. The molecule has 1 aliphatic rings. The van der Waals surface area contributed by atoms with Gasteiger partial charge in [0.1, 0.15) is 0 Å². The predicted molar refractivity (Wildman–Crippen MR) is 84.0 cm³/mol. The van der Waals surface area contributed by atoms with E-state index in [-0.39, 0.29) is 6.61 Å². The van der Waals surface area contributed by atoms with Crippen LogP contribution >= 0.6 is 0 Å². The van der Waals surface area contributed by atoms with Crippen molar-refractivity contribution >= 4 is 0 Å². The van der Waals surface area contributed by atoms with Gasteiger partial charge in [-0.25, -0.2) is 0 Å². The zero-order valence-electron chi connectivity index (χ0n) is 13.7. The third-order valence-corrected chi connectivity index (χ3v) is 4.59. The SMILES string of the molecule is CCN(CCO)CC1(CNCCOC)CCCC(C)C1. The van der Waals surface area contributed by atoms with E-state index < -0.39 is 0 Å². The lowest BCUT2D eigenvalue weighted by molar-refractivity contribution is 0.0711. The lowest BCUT2D eigenvalue weighted by Gasteiger charge is -2.43. The smallest absolute Gasteiger partial charge is 0.0587 e. The summed E-state index contributed by atoms with van der Waals surface area (Å²) in [7, 11) is 1.75. The van der Waals surface area contributed by atoms with Gasteiger partial charge in [0.05, 0.1) is 13.2 Å². The summed E-state index contributed by atoms with van der Waals surface area (Å²) in [4.78, 5) is 2.40. The van der Waals surface area contributed by atoms with Crippen molar-refractivity contribution in [1.29, 1.82) is 0 Å². The second-order valence-electron chi connectivity index (χ2n) is 6.46. The Morgan fingerprint density at radius 1 is 1.45 bits per heavy atom. The Morgan fingerprint density at radius 2 is 2.25 bits per heavy atom. The summed E-state index contributed by atoms with van der Waals surface area (Å²) in [6, 6.07) is 0. The van der Waals surface area contributed by atoms with Crippen LogP contribution in [0.15, 0.2) is 0 Å². The molecule has 4 heteroatoms. The van der Waals surface area contributed by atoms with Crippen molar-refractivity contribution in [2.45, 2.75) is 39.5 Å². The highest BCUT2D eigenvalue weighted by atomic mass is 16.5. The summed E-state index contributed by atoms with van der Waals surface area (Å²) in [5, 5.41) is 12.8. The number of aliphatic hydroxyl groups excluding tert-OH is 1. The number of hydrogen-bond acceptors (Lipinski definition) is 4. The second-order valence-corrected chi connectivity index (χ2v) is 6.46. The molecule has 2 N–H and O–H groups in total. The Labute approximate surface area is 124 Å². The number of rotatable bonds is 10. The van der Waals surface area contributed by atoms with Gasteiger partial charge < -0.3 is 20.1 Å². The Bertz CT molecular complexity index is 251. The van der Waals surface area contributed by atoms with Gasteiger partial charge in [-0.1, -0.05) is 26.7 Å². The van der Waals surface area contributed by atoms with Crippen molar-refractivity contribution in [3.05, 3.63) is 0 Å². The van der Waals surface area contributed by atoms with E-state index in [1.54, 1.807) is 7.11 Å². The first-order valence-electron chi connectivity index (χ1n) is 8.18. The third kappa shape index (κ3) is 6.08. The van der Waals surface area contributed by atoms with Crippen molar-refractivity contribution in [1.82, 2.24) is 10.2 Å². The van der Waals surface area contributed by atoms with Gasteiger partial charge in [0, 0.05) is 33.3 Å². The number of methoxy groups -OCH3 is 1. The normalized spacial score (nSPS) is 27.1. The van der Waals surface area contributed by atoms with Gasteiger partial charge in [0.2, 0.25) is 0 Å². The molecule has 2 atom stereocenters. The van der Waals surface area contributed by atoms with Crippen LogP contribution in [-0.4, -0.2) is 63.1 Å². The third-order valence-electron chi connectivity index (χ3n) is 4.59. The number of likely N-dealkylation sites (N-methyl/N-ethyl adjacent to an activating group) is 1. The molecule has 1 saturated carbocycles. The molecular formula is C16H34N2O2. The molecule has 0 heterocycles. The maximum Gasteiger partial charge on any atom is 0.0587 e. The largest absolute Gasteiger partial charge is 0.395 e. The summed E-state index contributed by atoms with van der Waals surface area (Å²) in [6.45, 7) is 10.5. The average Bonchev–Trinajstić information content (AvgIpc) is 2.43. The van der Waals surface area contributed by atoms with Gasteiger partial charge >= 0.3 is 0 Å². The summed E-state index contributed by atoms with van der Waals surface area (Å²) >= 11 is 0. The van der Waals surface area contributed by atoms with Crippen LogP contribution in [-0.2, 0) is 4.74 Å². The highest BCUT2D eigenvalue weighted by Gasteiger charge is 2.35. The van der Waals surface area contributed by atoms with Crippen molar-refractivity contribution in [3.8, 4) is 0 Å². The maximum atomic E-state index is 9.21. The molecule has 0 amide bonds. The zero-order chi connectivity index (χ0) is 14.8. The molecule has 1 rings (SSSR count). The maximum absolute atomic E-state index is 9.21. The van der Waals surface area contributed by atoms with Gasteiger partial charge in [-0.15, -0.1) is 0 Å². The number of hydrogen-bond donors (Lipinski definition) is 2. The van der Waals surface area contributed by atoms with E-state index in [9.17, 15) is 5.11 Å². The van der Waals surface area contributed by atoms with Crippen LogP contribution in [0.2, 0.25) is 0 Å². The molecule has 0 aliphatic heterocycles. The van der Waals surface area contributed by atoms with Crippen molar-refractivity contribution in [2.75, 3.05) is 53.0 Å². The standard InChI is InChI=1S/C16H34N2O2/c1-4-18(9-10-19)14-16(13-17-8-11-20-3)7-5-6-15(2)12-16/h15,17,19H,4-14H2,1-3H3. The summed E-state index contributed by atoms with van der Waals surface area (Å²) < 4.78 is 5.12. The van der Waals surface area contributed by atoms with Gasteiger partial charge in [0.15, 0.2) is 0 Å². The molecule has 1 aliphatic carbocycles. The van der Waals surface area contributed by atoms with Crippen molar-refractivity contribution < 1.29 is 9.84 Å². The molecule has 0 spiro atoms. The summed E-state index contributed by atoms with van der Waals surface area (Å²) in [6.07, 6.45) is 5.31. The average molecular weight is 286 g/mol. The first kappa shape index (κ1) is 17.9. The van der Waals surface area contributed by atoms with Crippen LogP contribution < -0.4 is 5.32 Å². The fourth-order valence-corrected chi connectivity index (χ4v) is 3.62. The highest BCUT2D eigenvalue weighted by Crippen LogP contribution is 2.39. The number of aliphatic hydroxyl groups is 1. The molecule has 20 heavy (non-hydrogen) atoms. The van der Waals surface area contributed by atoms with Crippen LogP contribution in [0, 0.1) is 11.3 Å². The van der Waals surface area contributed by atoms with Crippen LogP contribution in [0.1, 0.15) is 39.5 Å². The molecule has 2 unspecified atom stereocenters. The molecule has 1 fully saturated rings. The predicted octanol–water partition coefficient (Wildman–Crippen LogP) is 1.73. The van der Waals surface area contributed by atoms with Crippen LogP contribution in [0.4, 0.5) is 0 Å². The first-order valence-corrected chi connectivity index (χ1v) is 8.18. The highest BCUT2D eigenvalue weighted by molar-refractivity contribution is 4.89. The quantitative estimate of drug-likeness (QED) is 0.600. The van der Waals surface area contributed by atoms with E-state index in [4.69, 9.17) is 4.74 Å². The Kier molecular flexibility index (Phi) is 8.69. The molecular weight excluding hydrogens is 252 g/mol. The van der Waals surface area contributed by atoms with Crippen molar-refractivity contribution in [2.24, 2.45) is 11.3 Å². The van der Waals surface area contributed by atoms with Gasteiger partial charge in [-0.2, -0.15) is 0 Å². The number of nitrogens with zero attached hydrogens (tertiary/aromatic N) is 1. The molecule has 0 aromatic rings. The summed E-state index contributed by atoms with van der Waals surface area (Å²) in [5.74, 6) is 0.820. The lowest BCUT2D eigenvalue weighted by atomic mass is 9.69. The topological polar surface area (TPSA) is 44.7 Å². The lowest BCUT2D eigenvalue weighted by Crippen LogP contribution is -2.47. The van der Waals surface area contributed by atoms with E-state index in [1.165, 1.54) is 25.7 Å². The Morgan fingerprint density at radius 3 is 2.85 bits per heavy atom. The molecule has 0 bridgehead atoms. The van der Waals surface area contributed by atoms with Crippen LogP contribution in [0.5, 0.6) is 0 Å². The first-order chi connectivity index (χ1) is 9.65. The molecule has 0 aromatic carbocycles. The van der Waals surface area contributed by atoms with Crippen molar-refractivity contribution in [3.63, 3.8) is 0 Å². The Balaban J connectivity index is 2.57. The van der Waals surface area contributed by atoms with E-state index >= 15 is 0 Å². The van der Waals surface area contributed by atoms with Crippen LogP contribution in [0.25, 0.3) is 0 Å². The van der Waals surface area contributed by atoms with E-state index in [0.717, 1.165) is 45.2 Å². The molecule has 0 saturated heterocycles. The number of ether oxygens (including phenoxy) is 1. The summed E-state index contributed by atoms with van der Waals surface area (Å²) in [5.41, 5.74) is 0.372. The minimum absolute atomic E-state index is 0.260. The van der Waals surface area contributed by atoms with Gasteiger partial charge in [0.25, 0.3) is 0 Å². The van der Waals surface area contributed by atoms with Gasteiger partial charge in [-0.05, 0) is 30.7 Å². The zero-order valence-corrected chi connectivity index (χ0v) is 13.7. The van der Waals surface area contributed by atoms with E-state index in [1.807, 2.05) is 0 Å². The molecule has 120 valence electrons. The molecule has 0 aromatic heterocycles. The van der Waals surface area contributed by atoms with E-state index in [0.29, 0.717) is 5.41 Å². The second kappa shape index (κ2) is 9.72. The van der Waals surface area contributed by atoms with Crippen LogP contribution in [0.3, 0.4) is 0 Å². The minimum Gasteiger partial charge on any atom is -0.395 e. The fraction of sp³-hybridized carbons (Fsp3) is 1.00. The fourth-order valence-electron chi connectivity index (χ4n) is 3.62.